The summed E-state index contributed by atoms with van der Waals surface area (Å²) in [5.74, 6) is 1.11. The van der Waals surface area contributed by atoms with Gasteiger partial charge in [0.05, 0.1) is 0 Å². The first-order valence-electron chi connectivity index (χ1n) is 8.32. The lowest BCUT2D eigenvalue weighted by Crippen LogP contribution is -2.42. The van der Waals surface area contributed by atoms with Crippen molar-refractivity contribution in [2.75, 3.05) is 26.2 Å². The molecule has 0 amide bonds. The van der Waals surface area contributed by atoms with Crippen LogP contribution in [0.2, 0.25) is 0 Å². The third-order valence-electron chi connectivity index (χ3n) is 4.85. The number of nitrogens with zero attached hydrogens (tertiary/aromatic N) is 4. The predicted octanol–water partition coefficient (Wildman–Crippen LogP) is 2.11. The number of guanidine groups is 1. The Hall–Kier alpha value is -1.52. The normalized spacial score (nSPS) is 20.8. The minimum atomic E-state index is 0.630. The van der Waals surface area contributed by atoms with Gasteiger partial charge in [0.15, 0.2) is 5.96 Å². The zero-order chi connectivity index (χ0) is 14.5. The zero-order valence-electron chi connectivity index (χ0n) is 13.1. The van der Waals surface area contributed by atoms with Crippen molar-refractivity contribution in [2.45, 2.75) is 45.6 Å². The molecule has 0 atom stereocenters. The van der Waals surface area contributed by atoms with Crippen LogP contribution in [0.5, 0.6) is 0 Å². The second-order valence-corrected chi connectivity index (χ2v) is 6.38. The molecule has 3 rings (SSSR count). The topological polar surface area (TPSA) is 45.5 Å². The van der Waals surface area contributed by atoms with Crippen LogP contribution >= 0.6 is 0 Å². The van der Waals surface area contributed by atoms with E-state index in [2.05, 4.69) is 22.2 Å². The minimum absolute atomic E-state index is 0.630. The molecule has 0 bridgehead atoms. The van der Waals surface area contributed by atoms with Crippen LogP contribution in [0.4, 0.5) is 0 Å². The van der Waals surface area contributed by atoms with E-state index in [9.17, 15) is 0 Å². The van der Waals surface area contributed by atoms with Gasteiger partial charge in [-0.1, -0.05) is 6.42 Å². The van der Waals surface area contributed by atoms with Crippen LogP contribution < -0.4 is 5.32 Å². The highest BCUT2D eigenvalue weighted by Crippen LogP contribution is 2.47. The highest BCUT2D eigenvalue weighted by Gasteiger charge is 2.43. The summed E-state index contributed by atoms with van der Waals surface area (Å²) < 4.78 is 1.97. The quantitative estimate of drug-likeness (QED) is 0.513. The number of aliphatic imine (C=N–C) groups is 1. The van der Waals surface area contributed by atoms with Gasteiger partial charge in [-0.05, 0) is 44.1 Å². The van der Waals surface area contributed by atoms with Crippen molar-refractivity contribution in [1.82, 2.24) is 20.0 Å². The van der Waals surface area contributed by atoms with Crippen molar-refractivity contribution in [2.24, 2.45) is 10.4 Å². The van der Waals surface area contributed by atoms with Gasteiger partial charge in [-0.2, -0.15) is 5.10 Å². The van der Waals surface area contributed by atoms with Gasteiger partial charge in [0.2, 0.25) is 0 Å². The molecule has 2 heterocycles. The van der Waals surface area contributed by atoms with Gasteiger partial charge in [-0.25, -0.2) is 0 Å². The van der Waals surface area contributed by atoms with Crippen LogP contribution in [0, 0.1) is 5.41 Å². The van der Waals surface area contributed by atoms with Gasteiger partial charge < -0.3 is 10.2 Å². The van der Waals surface area contributed by atoms with E-state index in [0.717, 1.165) is 32.0 Å². The number of aryl methyl sites for hydroxylation is 1. The third-order valence-corrected chi connectivity index (χ3v) is 4.85. The third kappa shape index (κ3) is 3.39. The molecule has 21 heavy (non-hydrogen) atoms. The van der Waals surface area contributed by atoms with Crippen LogP contribution in [0.15, 0.2) is 23.5 Å². The van der Waals surface area contributed by atoms with Crippen LogP contribution in [-0.4, -0.2) is 46.8 Å². The Morgan fingerprint density at radius 1 is 1.38 bits per heavy atom. The van der Waals surface area contributed by atoms with Gasteiger partial charge in [-0.3, -0.25) is 9.67 Å². The largest absolute Gasteiger partial charge is 0.357 e. The standard InChI is InChI=1S/C16H27N5/c1-2-17-15(18-9-4-11-21-12-5-10-19-21)20-13-8-16(14-20)6-3-7-16/h5,10,12H,2-4,6-9,11,13-14H2,1H3,(H,17,18). The Morgan fingerprint density at radius 2 is 2.29 bits per heavy atom. The summed E-state index contributed by atoms with van der Waals surface area (Å²) >= 11 is 0. The first-order chi connectivity index (χ1) is 10.3. The van der Waals surface area contributed by atoms with E-state index in [1.54, 1.807) is 0 Å². The maximum Gasteiger partial charge on any atom is 0.193 e. The predicted molar refractivity (Wildman–Crippen MR) is 85.3 cm³/mol. The minimum Gasteiger partial charge on any atom is -0.357 e. The molecule has 1 aliphatic heterocycles. The first kappa shape index (κ1) is 14.4. The molecule has 2 fully saturated rings. The van der Waals surface area contributed by atoms with Gasteiger partial charge >= 0.3 is 0 Å². The Kier molecular flexibility index (Phi) is 4.46. The number of hydrogen-bond acceptors (Lipinski definition) is 2. The van der Waals surface area contributed by atoms with Crippen LogP contribution in [0.1, 0.15) is 39.0 Å². The van der Waals surface area contributed by atoms with Crippen molar-refractivity contribution in [3.8, 4) is 0 Å². The fraction of sp³-hybridized carbons (Fsp3) is 0.750. The van der Waals surface area contributed by atoms with Crippen molar-refractivity contribution in [3.63, 3.8) is 0 Å². The lowest BCUT2D eigenvalue weighted by Gasteiger charge is -2.38. The van der Waals surface area contributed by atoms with Gasteiger partial charge in [0.1, 0.15) is 0 Å². The van der Waals surface area contributed by atoms with Crippen molar-refractivity contribution < 1.29 is 0 Å². The van der Waals surface area contributed by atoms with Gasteiger partial charge in [0.25, 0.3) is 0 Å². The fourth-order valence-corrected chi connectivity index (χ4v) is 3.48. The summed E-state index contributed by atoms with van der Waals surface area (Å²) in [6.07, 6.45) is 10.5. The first-order valence-corrected chi connectivity index (χ1v) is 8.32. The van der Waals surface area contributed by atoms with E-state index in [1.165, 1.54) is 38.8 Å². The van der Waals surface area contributed by atoms with Crippen molar-refractivity contribution in [1.29, 1.82) is 0 Å². The Balaban J connectivity index is 1.50. The lowest BCUT2D eigenvalue weighted by molar-refractivity contribution is 0.151. The fourth-order valence-electron chi connectivity index (χ4n) is 3.48. The zero-order valence-corrected chi connectivity index (χ0v) is 13.1. The SMILES string of the molecule is CCNC(=NCCCn1cccn1)N1CCC2(CCC2)C1. The van der Waals surface area contributed by atoms with Crippen LogP contribution in [-0.2, 0) is 6.54 Å². The molecule has 1 spiro atoms. The molecule has 5 nitrogen and oxygen atoms in total. The number of rotatable bonds is 5. The summed E-state index contributed by atoms with van der Waals surface area (Å²) in [4.78, 5) is 7.28. The number of hydrogen-bond donors (Lipinski definition) is 1. The maximum atomic E-state index is 4.81. The summed E-state index contributed by atoms with van der Waals surface area (Å²) in [6, 6.07) is 1.97. The molecule has 1 saturated heterocycles. The van der Waals surface area contributed by atoms with E-state index in [4.69, 9.17) is 4.99 Å². The second kappa shape index (κ2) is 6.50. The molecule has 5 heteroatoms. The molecule has 0 aromatic carbocycles. The van der Waals surface area contributed by atoms with E-state index in [-0.39, 0.29) is 0 Å². The molecular weight excluding hydrogens is 262 g/mol. The summed E-state index contributed by atoms with van der Waals surface area (Å²) in [6.45, 7) is 7.28. The number of likely N-dealkylation sites (tertiary alicyclic amines) is 1. The highest BCUT2D eigenvalue weighted by molar-refractivity contribution is 5.80. The molecule has 2 aliphatic rings. The molecule has 1 aliphatic carbocycles. The summed E-state index contributed by atoms with van der Waals surface area (Å²) in [5, 5.41) is 7.68. The molecule has 116 valence electrons. The average molecular weight is 289 g/mol. The Bertz CT molecular complexity index is 461. The molecule has 1 aromatic heterocycles. The summed E-state index contributed by atoms with van der Waals surface area (Å²) in [5.41, 5.74) is 0.630. The molecule has 1 aromatic rings. The van der Waals surface area contributed by atoms with Gasteiger partial charge in [-0.15, -0.1) is 0 Å². The highest BCUT2D eigenvalue weighted by atomic mass is 15.3. The van der Waals surface area contributed by atoms with Crippen LogP contribution in [0.25, 0.3) is 0 Å². The van der Waals surface area contributed by atoms with Gasteiger partial charge in [0, 0.05) is 45.1 Å². The maximum absolute atomic E-state index is 4.81. The molecule has 1 saturated carbocycles. The Labute approximate surface area is 127 Å². The van der Waals surface area contributed by atoms with E-state index < -0.39 is 0 Å². The van der Waals surface area contributed by atoms with Crippen molar-refractivity contribution >= 4 is 5.96 Å². The number of nitrogens with one attached hydrogen (secondary N) is 1. The van der Waals surface area contributed by atoms with Crippen molar-refractivity contribution in [3.05, 3.63) is 18.5 Å². The van der Waals surface area contributed by atoms with E-state index in [0.29, 0.717) is 5.41 Å². The average Bonchev–Trinajstić information content (AvgIpc) is 3.10. The lowest BCUT2D eigenvalue weighted by atomic mass is 9.68. The second-order valence-electron chi connectivity index (χ2n) is 6.38. The monoisotopic (exact) mass is 289 g/mol. The summed E-state index contributed by atoms with van der Waals surface area (Å²) in [7, 11) is 0. The molecular formula is C16H27N5. The van der Waals surface area contributed by atoms with Crippen LogP contribution in [0.3, 0.4) is 0 Å². The Morgan fingerprint density at radius 3 is 2.90 bits per heavy atom. The van der Waals surface area contributed by atoms with E-state index in [1.807, 2.05) is 23.1 Å². The van der Waals surface area contributed by atoms with E-state index >= 15 is 0 Å². The smallest absolute Gasteiger partial charge is 0.193 e. The molecule has 0 unspecified atom stereocenters. The number of aromatic nitrogens is 2. The molecule has 0 radical (unpaired) electrons. The molecule has 1 N–H and O–H groups in total.